The first-order valence-electron chi connectivity index (χ1n) is 19.1. The smallest absolute Gasteiger partial charge is 0.317 e. The Bertz CT molecular complexity index is 1930. The summed E-state index contributed by atoms with van der Waals surface area (Å²) in [4.78, 5) is 46.2. The van der Waals surface area contributed by atoms with Gasteiger partial charge in [0.05, 0.1) is 23.6 Å². The minimum absolute atomic E-state index is 0.0334. The van der Waals surface area contributed by atoms with Crippen LogP contribution in [0, 0.1) is 5.92 Å². The molecule has 2 bridgehead atoms. The van der Waals surface area contributed by atoms with Crippen LogP contribution in [0.5, 0.6) is 11.5 Å². The van der Waals surface area contributed by atoms with E-state index in [2.05, 4.69) is 15.2 Å². The number of aliphatic hydroxyl groups excluding tert-OH is 1. The Morgan fingerprint density at radius 2 is 1.72 bits per heavy atom. The number of rotatable bonds is 14. The number of carbonyl (C=O) groups is 2. The number of pyridine rings is 1. The number of esters is 1. The van der Waals surface area contributed by atoms with Crippen molar-refractivity contribution >= 4 is 22.8 Å². The molecule has 1 unspecified atom stereocenters. The second-order valence-electron chi connectivity index (χ2n) is 14.8. The third kappa shape index (κ3) is 8.27. The number of nitrogens with zero attached hydrogens (tertiary/aromatic N) is 2. The molecular formula is C42H50N4O7. The molecular weight excluding hydrogens is 672 g/mol. The first-order valence-corrected chi connectivity index (χ1v) is 19.1. The van der Waals surface area contributed by atoms with E-state index in [0.29, 0.717) is 79.3 Å². The van der Waals surface area contributed by atoms with Crippen molar-refractivity contribution in [2.24, 2.45) is 5.92 Å². The predicted molar refractivity (Wildman–Crippen MR) is 202 cm³/mol. The number of fused-ring (bicyclic) bond motifs is 4. The minimum atomic E-state index is -0.796. The molecule has 11 nitrogen and oxygen atoms in total. The normalized spacial score (nSPS) is 21.3. The second-order valence-corrected chi connectivity index (χ2v) is 14.8. The van der Waals surface area contributed by atoms with Crippen LogP contribution in [0.2, 0.25) is 0 Å². The van der Waals surface area contributed by atoms with Gasteiger partial charge in [-0.2, -0.15) is 0 Å². The number of piperidine rings is 4. The molecule has 4 aromatic rings. The standard InChI is InChI=1S/C42H50N4O7/c47-35-14-12-33(34-13-15-38(49)44-39(34)35)36(48)27-43-20-5-2-6-25-52-32-11-7-8-30(26-32)40(50)46-23-18-42(19-24-46,31-9-3-1-4-10-31)41(51)53-37-28-45-21-16-29(37)17-22-45/h1,3-4,7-15,26,29,36-37,43,47-48H,2,5-6,16-25,27-28H2,(H,44,49)/t36?,37-/m0/s1. The third-order valence-electron chi connectivity index (χ3n) is 11.4. The van der Waals surface area contributed by atoms with Gasteiger partial charge in [0, 0.05) is 43.2 Å². The summed E-state index contributed by atoms with van der Waals surface area (Å²) in [6.45, 7) is 5.49. The third-order valence-corrected chi connectivity index (χ3v) is 11.4. The number of aromatic hydroxyl groups is 1. The van der Waals surface area contributed by atoms with Crippen molar-refractivity contribution < 1.29 is 29.3 Å². The molecule has 5 heterocycles. The van der Waals surface area contributed by atoms with Crippen LogP contribution >= 0.6 is 0 Å². The Morgan fingerprint density at radius 3 is 2.47 bits per heavy atom. The van der Waals surface area contributed by atoms with Gasteiger partial charge < -0.3 is 34.9 Å². The number of hydrogen-bond acceptors (Lipinski definition) is 9. The summed E-state index contributed by atoms with van der Waals surface area (Å²) in [6.07, 6.45) is 4.99. The van der Waals surface area contributed by atoms with E-state index >= 15 is 0 Å². The van der Waals surface area contributed by atoms with Crippen LogP contribution in [-0.4, -0.2) is 95.4 Å². The van der Waals surface area contributed by atoms with Crippen molar-refractivity contribution in [2.45, 2.75) is 62.6 Å². The highest BCUT2D eigenvalue weighted by atomic mass is 16.5. The average molecular weight is 723 g/mol. The highest BCUT2D eigenvalue weighted by Gasteiger charge is 2.47. The number of aromatic amines is 1. The van der Waals surface area contributed by atoms with Crippen molar-refractivity contribution in [3.63, 3.8) is 0 Å². The van der Waals surface area contributed by atoms with Crippen LogP contribution in [0.1, 0.15) is 72.5 Å². The molecule has 0 radical (unpaired) electrons. The van der Waals surface area contributed by atoms with Gasteiger partial charge in [-0.25, -0.2) is 0 Å². The fourth-order valence-corrected chi connectivity index (χ4v) is 8.27. The number of phenols is 1. The van der Waals surface area contributed by atoms with E-state index < -0.39 is 11.5 Å². The second kappa shape index (κ2) is 16.5. The van der Waals surface area contributed by atoms with Gasteiger partial charge >= 0.3 is 5.97 Å². The van der Waals surface area contributed by atoms with Crippen LogP contribution in [-0.2, 0) is 14.9 Å². The molecule has 4 aliphatic heterocycles. The van der Waals surface area contributed by atoms with Gasteiger partial charge in [-0.15, -0.1) is 0 Å². The highest BCUT2D eigenvalue weighted by Crippen LogP contribution is 2.39. The Labute approximate surface area is 309 Å². The number of carbonyl (C=O) groups excluding carboxylic acids is 2. The lowest BCUT2D eigenvalue weighted by Crippen LogP contribution is -2.55. The van der Waals surface area contributed by atoms with Crippen molar-refractivity contribution in [3.8, 4) is 11.5 Å². The summed E-state index contributed by atoms with van der Waals surface area (Å²) in [5.41, 5.74) is 1.40. The molecule has 1 amide bonds. The first kappa shape index (κ1) is 36.6. The molecule has 1 aromatic heterocycles. The van der Waals surface area contributed by atoms with Crippen LogP contribution in [0.25, 0.3) is 10.9 Å². The lowest BCUT2D eigenvalue weighted by atomic mass is 9.72. The Morgan fingerprint density at radius 1 is 0.925 bits per heavy atom. The van der Waals surface area contributed by atoms with E-state index in [1.165, 1.54) is 12.1 Å². The molecule has 0 aliphatic carbocycles. The largest absolute Gasteiger partial charge is 0.506 e. The summed E-state index contributed by atoms with van der Waals surface area (Å²) in [7, 11) is 0. The fraction of sp³-hybridized carbons (Fsp3) is 0.452. The summed E-state index contributed by atoms with van der Waals surface area (Å²) in [5, 5.41) is 24.7. The van der Waals surface area contributed by atoms with E-state index in [9.17, 15) is 24.6 Å². The zero-order valence-corrected chi connectivity index (χ0v) is 30.2. The number of unbranched alkanes of at least 4 members (excludes halogenated alkanes) is 2. The zero-order valence-electron chi connectivity index (χ0n) is 30.2. The highest BCUT2D eigenvalue weighted by molar-refractivity contribution is 5.95. The number of phenolic OH excluding ortho intramolecular Hbond substituents is 1. The maximum Gasteiger partial charge on any atom is 0.317 e. The number of likely N-dealkylation sites (tertiary alicyclic amines) is 1. The number of amides is 1. The molecule has 2 atom stereocenters. The number of hydrogen-bond donors (Lipinski definition) is 4. The van der Waals surface area contributed by atoms with Gasteiger partial charge in [0.15, 0.2) is 0 Å². The van der Waals surface area contributed by atoms with Gasteiger partial charge in [0.25, 0.3) is 5.91 Å². The Kier molecular flexibility index (Phi) is 11.4. The quantitative estimate of drug-likeness (QED) is 0.105. The van der Waals surface area contributed by atoms with E-state index in [4.69, 9.17) is 9.47 Å². The molecule has 4 fully saturated rings. The summed E-state index contributed by atoms with van der Waals surface area (Å²) in [6, 6.07) is 23.4. The number of aliphatic hydroxyl groups is 1. The molecule has 4 aliphatic rings. The summed E-state index contributed by atoms with van der Waals surface area (Å²) < 4.78 is 12.3. The molecule has 8 rings (SSSR count). The SMILES string of the molecule is O=C(c1cccc(OCCCCCNCC(O)c2ccc(O)c3[nH]c(=O)ccc23)c1)N1CCC(C(=O)O[C@H]2CN3CCC2CC3)(c2ccccc2)CC1. The fourth-order valence-electron chi connectivity index (χ4n) is 8.27. The van der Waals surface area contributed by atoms with Crippen molar-refractivity contribution in [1.82, 2.24) is 20.1 Å². The number of aromatic nitrogens is 1. The minimum Gasteiger partial charge on any atom is -0.506 e. The van der Waals surface area contributed by atoms with Gasteiger partial charge in [0.1, 0.15) is 17.6 Å². The number of H-pyrrole nitrogens is 1. The van der Waals surface area contributed by atoms with Crippen molar-refractivity contribution in [3.05, 3.63) is 106 Å². The molecule has 4 saturated heterocycles. The lowest BCUT2D eigenvalue weighted by Gasteiger charge is -2.46. The van der Waals surface area contributed by atoms with Crippen molar-refractivity contribution in [1.29, 1.82) is 0 Å². The number of benzene rings is 3. The Balaban J connectivity index is 0.855. The zero-order chi connectivity index (χ0) is 36.8. The van der Waals surface area contributed by atoms with Gasteiger partial charge in [0.2, 0.25) is 5.56 Å². The number of nitrogens with one attached hydrogen (secondary N) is 2. The molecule has 0 spiro atoms. The molecule has 53 heavy (non-hydrogen) atoms. The van der Waals surface area contributed by atoms with Gasteiger partial charge in [-0.1, -0.05) is 42.5 Å². The van der Waals surface area contributed by atoms with Gasteiger partial charge in [-0.05, 0) is 112 Å². The number of ether oxygens (including phenoxy) is 2. The predicted octanol–water partition coefficient (Wildman–Crippen LogP) is 4.92. The average Bonchev–Trinajstić information content (AvgIpc) is 3.19. The summed E-state index contributed by atoms with van der Waals surface area (Å²) >= 11 is 0. The molecule has 4 N–H and O–H groups in total. The summed E-state index contributed by atoms with van der Waals surface area (Å²) in [5.74, 6) is 0.835. The molecule has 0 saturated carbocycles. The molecule has 280 valence electrons. The van der Waals surface area contributed by atoms with Crippen molar-refractivity contribution in [2.75, 3.05) is 52.4 Å². The van der Waals surface area contributed by atoms with E-state index in [0.717, 1.165) is 57.3 Å². The first-order chi connectivity index (χ1) is 25.8. The van der Waals surface area contributed by atoms with E-state index in [1.807, 2.05) is 53.4 Å². The van der Waals surface area contributed by atoms with Crippen LogP contribution in [0.3, 0.4) is 0 Å². The van der Waals surface area contributed by atoms with E-state index in [1.54, 1.807) is 18.2 Å². The van der Waals surface area contributed by atoms with Crippen LogP contribution in [0.4, 0.5) is 0 Å². The molecule has 3 aromatic carbocycles. The maximum absolute atomic E-state index is 14.0. The molecule has 11 heteroatoms. The van der Waals surface area contributed by atoms with Crippen LogP contribution in [0.15, 0.2) is 83.7 Å². The monoisotopic (exact) mass is 722 g/mol. The van der Waals surface area contributed by atoms with Crippen LogP contribution < -0.4 is 15.6 Å². The topological polar surface area (TPSA) is 144 Å². The lowest BCUT2D eigenvalue weighted by molar-refractivity contribution is -0.167. The maximum atomic E-state index is 14.0. The van der Waals surface area contributed by atoms with E-state index in [-0.39, 0.29) is 29.3 Å². The Hall–Kier alpha value is -4.71. The van der Waals surface area contributed by atoms with Gasteiger partial charge in [-0.3, -0.25) is 19.3 Å².